The van der Waals surface area contributed by atoms with Gasteiger partial charge in [0.05, 0.1) is 11.7 Å². The van der Waals surface area contributed by atoms with Crippen molar-refractivity contribution in [2.45, 2.75) is 25.0 Å². The largest absolute Gasteiger partial charge is 0.388 e. The Balaban J connectivity index is 2.14. The van der Waals surface area contributed by atoms with Crippen LogP contribution in [-0.4, -0.2) is 10.2 Å². The Hall–Kier alpha value is -0.680. The van der Waals surface area contributed by atoms with E-state index < -0.39 is 11.7 Å². The first-order chi connectivity index (χ1) is 9.38. The first kappa shape index (κ1) is 15.7. The van der Waals surface area contributed by atoms with Crippen LogP contribution in [-0.2, 0) is 5.60 Å². The second-order valence-electron chi connectivity index (χ2n) is 5.05. The second kappa shape index (κ2) is 6.39. The first-order valence-electron chi connectivity index (χ1n) is 6.30. The predicted molar refractivity (Wildman–Crippen MR) is 87.4 cm³/mol. The van der Waals surface area contributed by atoms with E-state index in [0.29, 0.717) is 0 Å². The molecule has 4 heteroatoms. The average molecular weight is 400 g/mol. The molecule has 2 nitrogen and oxygen atoms in total. The minimum atomic E-state index is -1.08. The fraction of sp³-hybridized carbons (Fsp3) is 0.250. The highest BCUT2D eigenvalue weighted by Gasteiger charge is 2.27. The number of rotatable bonds is 4. The third-order valence-electron chi connectivity index (χ3n) is 3.31. The summed E-state index contributed by atoms with van der Waals surface area (Å²) < 4.78 is 1.93. The van der Waals surface area contributed by atoms with Crippen molar-refractivity contribution in [1.82, 2.24) is 0 Å². The molecule has 2 unspecified atom stereocenters. The van der Waals surface area contributed by atoms with E-state index in [2.05, 4.69) is 31.9 Å². The molecule has 2 atom stereocenters. The molecule has 0 aliphatic heterocycles. The Labute approximate surface area is 135 Å². The van der Waals surface area contributed by atoms with E-state index in [4.69, 9.17) is 0 Å². The molecule has 0 saturated heterocycles. The van der Waals surface area contributed by atoms with Gasteiger partial charge in [0.1, 0.15) is 0 Å². The van der Waals surface area contributed by atoms with Gasteiger partial charge in [0.25, 0.3) is 0 Å². The number of hydrogen-bond acceptors (Lipinski definition) is 2. The van der Waals surface area contributed by atoms with Gasteiger partial charge in [0.15, 0.2) is 0 Å². The summed E-state index contributed by atoms with van der Waals surface area (Å²) in [5, 5.41) is 20.9. The highest BCUT2D eigenvalue weighted by atomic mass is 79.9. The molecule has 0 aliphatic rings. The molecular weight excluding hydrogens is 384 g/mol. The molecule has 0 aromatic heterocycles. The van der Waals surface area contributed by atoms with Gasteiger partial charge in [-0.05, 0) is 42.3 Å². The molecule has 2 aromatic carbocycles. The molecule has 0 bridgehead atoms. The molecule has 0 saturated carbocycles. The van der Waals surface area contributed by atoms with Gasteiger partial charge < -0.3 is 10.2 Å². The first-order valence-corrected chi connectivity index (χ1v) is 7.89. The van der Waals surface area contributed by atoms with Gasteiger partial charge in [-0.15, -0.1) is 0 Å². The van der Waals surface area contributed by atoms with Crippen molar-refractivity contribution in [2.24, 2.45) is 0 Å². The van der Waals surface area contributed by atoms with Gasteiger partial charge in [-0.3, -0.25) is 0 Å². The maximum Gasteiger partial charge on any atom is 0.0896 e. The minimum absolute atomic E-state index is 0.246. The monoisotopic (exact) mass is 398 g/mol. The van der Waals surface area contributed by atoms with Crippen molar-refractivity contribution in [1.29, 1.82) is 0 Å². The van der Waals surface area contributed by atoms with Crippen molar-refractivity contribution in [3.8, 4) is 0 Å². The lowest BCUT2D eigenvalue weighted by atomic mass is 9.88. The maximum absolute atomic E-state index is 10.6. The smallest absolute Gasteiger partial charge is 0.0896 e. The summed E-state index contributed by atoms with van der Waals surface area (Å²) in [5.41, 5.74) is 0.509. The molecule has 2 rings (SSSR count). The molecule has 2 N–H and O–H groups in total. The average Bonchev–Trinajstić information content (AvgIpc) is 2.39. The van der Waals surface area contributed by atoms with Crippen LogP contribution < -0.4 is 0 Å². The summed E-state index contributed by atoms with van der Waals surface area (Å²) in [5.74, 6) is 0. The molecule has 0 heterocycles. The molecule has 0 fully saturated rings. The van der Waals surface area contributed by atoms with E-state index in [0.717, 1.165) is 20.1 Å². The lowest BCUT2D eigenvalue weighted by Gasteiger charge is -2.27. The van der Waals surface area contributed by atoms with Gasteiger partial charge in [0.2, 0.25) is 0 Å². The van der Waals surface area contributed by atoms with E-state index in [9.17, 15) is 10.2 Å². The molecule has 0 spiro atoms. The Morgan fingerprint density at radius 1 is 0.950 bits per heavy atom. The molecule has 0 radical (unpaired) electrons. The van der Waals surface area contributed by atoms with Gasteiger partial charge in [0, 0.05) is 15.4 Å². The third kappa shape index (κ3) is 3.92. The summed E-state index contributed by atoms with van der Waals surface area (Å²) >= 11 is 6.74. The van der Waals surface area contributed by atoms with Crippen molar-refractivity contribution in [3.05, 3.63) is 68.6 Å². The summed E-state index contributed by atoms with van der Waals surface area (Å²) in [4.78, 5) is 0. The maximum atomic E-state index is 10.6. The standard InChI is InChI=1S/C16H16Br2O2/c1-16(20,12-4-8-14(18)9-5-12)10-15(19)11-2-6-13(17)7-3-11/h2-9,15,19-20H,10H2,1H3. The van der Waals surface area contributed by atoms with Crippen molar-refractivity contribution in [3.63, 3.8) is 0 Å². The van der Waals surface area contributed by atoms with E-state index in [-0.39, 0.29) is 6.42 Å². The topological polar surface area (TPSA) is 40.5 Å². The molecule has 0 aliphatic carbocycles. The SMILES string of the molecule is CC(O)(CC(O)c1ccc(Br)cc1)c1ccc(Br)cc1. The lowest BCUT2D eigenvalue weighted by molar-refractivity contribution is -0.000773. The zero-order valence-corrected chi connectivity index (χ0v) is 14.2. The Kier molecular flexibility index (Phi) is 5.02. The van der Waals surface area contributed by atoms with Gasteiger partial charge in [-0.1, -0.05) is 56.1 Å². The van der Waals surface area contributed by atoms with Crippen LogP contribution in [0.15, 0.2) is 57.5 Å². The third-order valence-corrected chi connectivity index (χ3v) is 4.37. The van der Waals surface area contributed by atoms with Crippen molar-refractivity contribution in [2.75, 3.05) is 0 Å². The molecule has 20 heavy (non-hydrogen) atoms. The zero-order valence-electron chi connectivity index (χ0n) is 11.1. The Morgan fingerprint density at radius 3 is 1.90 bits per heavy atom. The summed E-state index contributed by atoms with van der Waals surface area (Å²) in [7, 11) is 0. The highest BCUT2D eigenvalue weighted by Crippen LogP contribution is 2.32. The van der Waals surface area contributed by atoms with Gasteiger partial charge >= 0.3 is 0 Å². The van der Waals surface area contributed by atoms with Crippen molar-refractivity contribution < 1.29 is 10.2 Å². The van der Waals surface area contributed by atoms with Gasteiger partial charge in [-0.2, -0.15) is 0 Å². The highest BCUT2D eigenvalue weighted by molar-refractivity contribution is 9.10. The van der Waals surface area contributed by atoms with Crippen LogP contribution >= 0.6 is 31.9 Å². The van der Waals surface area contributed by atoms with Crippen LogP contribution in [0.25, 0.3) is 0 Å². The minimum Gasteiger partial charge on any atom is -0.388 e. The Bertz CT molecular complexity index is 562. The molecule has 0 amide bonds. The number of halogens is 2. The van der Waals surface area contributed by atoms with E-state index in [1.807, 2.05) is 48.5 Å². The summed E-state index contributed by atoms with van der Waals surface area (Å²) in [6.07, 6.45) is -0.460. The van der Waals surface area contributed by atoms with Crippen LogP contribution in [0, 0.1) is 0 Å². The van der Waals surface area contributed by atoms with E-state index in [1.165, 1.54) is 0 Å². The molecule has 106 valence electrons. The number of hydrogen-bond donors (Lipinski definition) is 2. The normalized spacial score (nSPS) is 15.7. The Morgan fingerprint density at radius 2 is 1.40 bits per heavy atom. The van der Waals surface area contributed by atoms with Crippen LogP contribution in [0.3, 0.4) is 0 Å². The fourth-order valence-corrected chi connectivity index (χ4v) is 2.63. The molecule has 2 aromatic rings. The van der Waals surface area contributed by atoms with Crippen LogP contribution in [0.2, 0.25) is 0 Å². The zero-order chi connectivity index (χ0) is 14.8. The number of benzene rings is 2. The van der Waals surface area contributed by atoms with Gasteiger partial charge in [-0.25, -0.2) is 0 Å². The summed E-state index contributed by atoms with van der Waals surface area (Å²) in [6.45, 7) is 1.72. The van der Waals surface area contributed by atoms with Crippen LogP contribution in [0.5, 0.6) is 0 Å². The second-order valence-corrected chi connectivity index (χ2v) is 6.88. The van der Waals surface area contributed by atoms with E-state index >= 15 is 0 Å². The summed E-state index contributed by atoms with van der Waals surface area (Å²) in [6, 6.07) is 15.0. The predicted octanol–water partition coefficient (Wildman–Crippen LogP) is 4.54. The number of aliphatic hydroxyl groups is 2. The molecular formula is C16H16Br2O2. The van der Waals surface area contributed by atoms with Crippen molar-refractivity contribution >= 4 is 31.9 Å². The van der Waals surface area contributed by atoms with Crippen LogP contribution in [0.1, 0.15) is 30.6 Å². The van der Waals surface area contributed by atoms with Crippen LogP contribution in [0.4, 0.5) is 0 Å². The quantitative estimate of drug-likeness (QED) is 0.791. The van der Waals surface area contributed by atoms with E-state index in [1.54, 1.807) is 6.92 Å². The number of aliphatic hydroxyl groups excluding tert-OH is 1. The fourth-order valence-electron chi connectivity index (χ4n) is 2.11. The lowest BCUT2D eigenvalue weighted by Crippen LogP contribution is -2.24.